The molecule has 168 valence electrons. The predicted octanol–water partition coefficient (Wildman–Crippen LogP) is 4.30. The van der Waals surface area contributed by atoms with E-state index in [1.165, 1.54) is 43.9 Å². The summed E-state index contributed by atoms with van der Waals surface area (Å²) in [6, 6.07) is 12.4. The van der Waals surface area contributed by atoms with Crippen LogP contribution in [0.25, 0.3) is 5.69 Å². The van der Waals surface area contributed by atoms with Crippen molar-refractivity contribution in [1.82, 2.24) is 24.5 Å². The van der Waals surface area contributed by atoms with Gasteiger partial charge >= 0.3 is 0 Å². The maximum atomic E-state index is 12.8. The molecule has 0 radical (unpaired) electrons. The van der Waals surface area contributed by atoms with Crippen LogP contribution in [0.3, 0.4) is 0 Å². The second-order valence-electron chi connectivity index (χ2n) is 8.44. The number of nitrogens with one attached hydrogen (secondary N) is 1. The molecule has 2 aromatic heterocycles. The van der Waals surface area contributed by atoms with Crippen LogP contribution in [0.4, 0.5) is 11.8 Å². The number of carbonyl (C=O) groups is 1. The molecule has 0 bridgehead atoms. The van der Waals surface area contributed by atoms with Gasteiger partial charge in [0.15, 0.2) is 5.16 Å². The Labute approximate surface area is 192 Å². The molecule has 3 heterocycles. The predicted molar refractivity (Wildman–Crippen MR) is 127 cm³/mol. The molecule has 9 heteroatoms. The average molecular weight is 452 g/mol. The van der Waals surface area contributed by atoms with Crippen molar-refractivity contribution in [3.63, 3.8) is 0 Å². The lowest BCUT2D eigenvalue weighted by molar-refractivity contribution is -0.113. The maximum Gasteiger partial charge on any atom is 0.235 e. The highest BCUT2D eigenvalue weighted by molar-refractivity contribution is 7.99. The van der Waals surface area contributed by atoms with Crippen LogP contribution in [-0.4, -0.2) is 49.3 Å². The summed E-state index contributed by atoms with van der Waals surface area (Å²) in [5, 5.41) is 17.2. The van der Waals surface area contributed by atoms with E-state index < -0.39 is 0 Å². The molecule has 1 saturated carbocycles. The summed E-state index contributed by atoms with van der Waals surface area (Å²) in [6.07, 6.45) is 10.1. The Morgan fingerprint density at radius 1 is 1.00 bits per heavy atom. The summed E-state index contributed by atoms with van der Waals surface area (Å²) in [5.41, 5.74) is 1.01. The normalized spacial score (nSPS) is 17.1. The molecule has 2 aliphatic rings. The van der Waals surface area contributed by atoms with Crippen LogP contribution in [0, 0.1) is 0 Å². The Morgan fingerprint density at radius 3 is 2.56 bits per heavy atom. The van der Waals surface area contributed by atoms with Crippen LogP contribution in [0.2, 0.25) is 0 Å². The second kappa shape index (κ2) is 9.77. The van der Waals surface area contributed by atoms with E-state index in [0.717, 1.165) is 48.5 Å². The Morgan fingerprint density at radius 2 is 1.78 bits per heavy atom. The zero-order valence-corrected chi connectivity index (χ0v) is 19.0. The van der Waals surface area contributed by atoms with Crippen LogP contribution in [-0.2, 0) is 4.79 Å². The number of aromatic nitrogens is 5. The SMILES string of the molecule is O=C(CSc1nnc(N2CCCCC2)n1-c1ccccc1)Nc1ccnn1C1CCCC1. The molecule has 1 N–H and O–H groups in total. The second-order valence-corrected chi connectivity index (χ2v) is 9.38. The van der Waals surface area contributed by atoms with E-state index in [-0.39, 0.29) is 11.7 Å². The van der Waals surface area contributed by atoms with Gasteiger partial charge in [-0.05, 0) is 44.2 Å². The fourth-order valence-electron chi connectivity index (χ4n) is 4.62. The van der Waals surface area contributed by atoms with Gasteiger partial charge in [0.1, 0.15) is 5.82 Å². The molecule has 3 aromatic rings. The molecule has 1 saturated heterocycles. The molecule has 0 unspecified atom stereocenters. The Balaban J connectivity index is 1.31. The third kappa shape index (κ3) is 4.53. The number of hydrogen-bond acceptors (Lipinski definition) is 6. The van der Waals surface area contributed by atoms with E-state index >= 15 is 0 Å². The maximum absolute atomic E-state index is 12.8. The molecule has 1 aliphatic heterocycles. The third-order valence-corrected chi connectivity index (χ3v) is 7.14. The molecule has 1 aliphatic carbocycles. The van der Waals surface area contributed by atoms with E-state index in [1.54, 1.807) is 6.20 Å². The van der Waals surface area contributed by atoms with Crippen molar-refractivity contribution in [2.24, 2.45) is 0 Å². The number of piperidine rings is 1. The van der Waals surface area contributed by atoms with Crippen molar-refractivity contribution in [2.75, 3.05) is 29.1 Å². The largest absolute Gasteiger partial charge is 0.341 e. The summed E-state index contributed by atoms with van der Waals surface area (Å²) in [6.45, 7) is 1.97. The minimum atomic E-state index is -0.0584. The van der Waals surface area contributed by atoms with E-state index in [9.17, 15) is 4.79 Å². The summed E-state index contributed by atoms with van der Waals surface area (Å²) in [7, 11) is 0. The number of benzene rings is 1. The summed E-state index contributed by atoms with van der Waals surface area (Å²) >= 11 is 1.42. The number of amides is 1. The number of nitrogens with zero attached hydrogens (tertiary/aromatic N) is 6. The lowest BCUT2D eigenvalue weighted by Gasteiger charge is -2.27. The van der Waals surface area contributed by atoms with Crippen molar-refractivity contribution in [1.29, 1.82) is 0 Å². The minimum absolute atomic E-state index is 0.0584. The average Bonchev–Trinajstić information content (AvgIpc) is 3.59. The lowest BCUT2D eigenvalue weighted by atomic mass is 10.1. The van der Waals surface area contributed by atoms with Gasteiger partial charge in [-0.1, -0.05) is 42.8 Å². The van der Waals surface area contributed by atoms with Crippen LogP contribution < -0.4 is 10.2 Å². The minimum Gasteiger partial charge on any atom is -0.341 e. The van der Waals surface area contributed by atoms with Crippen LogP contribution in [0.15, 0.2) is 47.8 Å². The van der Waals surface area contributed by atoms with E-state index in [2.05, 4.69) is 42.2 Å². The van der Waals surface area contributed by atoms with Crippen molar-refractivity contribution >= 4 is 29.4 Å². The number of anilines is 2. The van der Waals surface area contributed by atoms with E-state index in [1.807, 2.05) is 28.9 Å². The molecule has 0 spiro atoms. The number of carbonyl (C=O) groups excluding carboxylic acids is 1. The van der Waals surface area contributed by atoms with Crippen LogP contribution in [0.5, 0.6) is 0 Å². The first-order valence-electron chi connectivity index (χ1n) is 11.5. The molecule has 2 fully saturated rings. The number of para-hydroxylation sites is 1. The van der Waals surface area contributed by atoms with Gasteiger partial charge in [-0.2, -0.15) is 5.10 Å². The van der Waals surface area contributed by atoms with Crippen molar-refractivity contribution in [2.45, 2.75) is 56.1 Å². The molecule has 5 rings (SSSR count). The Kier molecular flexibility index (Phi) is 6.43. The van der Waals surface area contributed by atoms with Gasteiger partial charge in [0.25, 0.3) is 0 Å². The first-order chi connectivity index (χ1) is 15.8. The molecule has 1 amide bonds. The van der Waals surface area contributed by atoms with Crippen LogP contribution >= 0.6 is 11.8 Å². The fraction of sp³-hybridized carbons (Fsp3) is 0.478. The van der Waals surface area contributed by atoms with Gasteiger partial charge in [-0.15, -0.1) is 10.2 Å². The summed E-state index contributed by atoms with van der Waals surface area (Å²) in [5.74, 6) is 1.84. The van der Waals surface area contributed by atoms with Gasteiger partial charge < -0.3 is 10.2 Å². The van der Waals surface area contributed by atoms with Crippen molar-refractivity contribution in [3.8, 4) is 5.69 Å². The van der Waals surface area contributed by atoms with Gasteiger partial charge in [0.2, 0.25) is 11.9 Å². The zero-order valence-electron chi connectivity index (χ0n) is 18.2. The highest BCUT2D eigenvalue weighted by atomic mass is 32.2. The topological polar surface area (TPSA) is 80.9 Å². The fourth-order valence-corrected chi connectivity index (χ4v) is 5.37. The van der Waals surface area contributed by atoms with Gasteiger partial charge in [0.05, 0.1) is 23.7 Å². The zero-order chi connectivity index (χ0) is 21.8. The molecular formula is C23H29N7OS. The number of thioether (sulfide) groups is 1. The summed E-state index contributed by atoms with van der Waals surface area (Å²) in [4.78, 5) is 15.1. The quantitative estimate of drug-likeness (QED) is 0.540. The molecular weight excluding hydrogens is 422 g/mol. The van der Waals surface area contributed by atoms with Crippen molar-refractivity contribution < 1.29 is 4.79 Å². The van der Waals surface area contributed by atoms with Crippen LogP contribution in [0.1, 0.15) is 51.0 Å². The Bertz CT molecular complexity index is 1040. The van der Waals surface area contributed by atoms with Gasteiger partial charge in [0, 0.05) is 19.2 Å². The molecule has 32 heavy (non-hydrogen) atoms. The highest BCUT2D eigenvalue weighted by Crippen LogP contribution is 2.32. The first-order valence-corrected chi connectivity index (χ1v) is 12.5. The standard InChI is InChI=1S/C23H29N7OS/c31-21(25-20-13-14-24-30(20)19-11-5-6-12-19)17-32-23-27-26-22(28-15-7-2-8-16-28)29(23)18-9-3-1-4-10-18/h1,3-4,9-10,13-14,19H,2,5-8,11-12,15-17H2,(H,25,31). The lowest BCUT2D eigenvalue weighted by Crippen LogP contribution is -2.31. The first kappa shape index (κ1) is 21.1. The third-order valence-electron chi connectivity index (χ3n) is 6.21. The highest BCUT2D eigenvalue weighted by Gasteiger charge is 2.23. The van der Waals surface area contributed by atoms with Gasteiger partial charge in [-0.25, -0.2) is 4.68 Å². The summed E-state index contributed by atoms with van der Waals surface area (Å²) < 4.78 is 4.04. The number of rotatable bonds is 7. The molecule has 1 aromatic carbocycles. The smallest absolute Gasteiger partial charge is 0.235 e. The number of hydrogen-bond donors (Lipinski definition) is 1. The van der Waals surface area contributed by atoms with Crippen molar-refractivity contribution in [3.05, 3.63) is 42.6 Å². The Hall–Kier alpha value is -2.81. The monoisotopic (exact) mass is 451 g/mol. The molecule has 0 atom stereocenters. The van der Waals surface area contributed by atoms with E-state index in [0.29, 0.717) is 6.04 Å². The van der Waals surface area contributed by atoms with Gasteiger partial charge in [-0.3, -0.25) is 9.36 Å². The van der Waals surface area contributed by atoms with E-state index in [4.69, 9.17) is 0 Å². The molecule has 8 nitrogen and oxygen atoms in total.